The number of rotatable bonds is 8. The van der Waals surface area contributed by atoms with E-state index in [-0.39, 0.29) is 11.9 Å². The van der Waals surface area contributed by atoms with Gasteiger partial charge in [-0.2, -0.15) is 0 Å². The van der Waals surface area contributed by atoms with E-state index in [1.165, 1.54) is 10.4 Å². The van der Waals surface area contributed by atoms with E-state index in [9.17, 15) is 4.79 Å². The van der Waals surface area contributed by atoms with Gasteiger partial charge in [0.25, 0.3) is 5.91 Å². The van der Waals surface area contributed by atoms with Gasteiger partial charge in [-0.3, -0.25) is 4.79 Å². The quantitative estimate of drug-likeness (QED) is 0.772. The van der Waals surface area contributed by atoms with Gasteiger partial charge in [0.1, 0.15) is 5.75 Å². The second-order valence-electron chi connectivity index (χ2n) is 6.73. The van der Waals surface area contributed by atoms with Crippen molar-refractivity contribution in [1.82, 2.24) is 10.2 Å². The molecule has 1 heterocycles. The molecule has 1 N–H and O–H groups in total. The second-order valence-corrected chi connectivity index (χ2v) is 7.71. The van der Waals surface area contributed by atoms with Crippen LogP contribution in [0.15, 0.2) is 41.8 Å². The van der Waals surface area contributed by atoms with Gasteiger partial charge in [0.05, 0.1) is 6.04 Å². The third-order valence-corrected chi connectivity index (χ3v) is 5.14. The van der Waals surface area contributed by atoms with Gasteiger partial charge in [-0.15, -0.1) is 11.3 Å². The summed E-state index contributed by atoms with van der Waals surface area (Å²) in [6.07, 6.45) is -0.534. The van der Waals surface area contributed by atoms with E-state index in [0.717, 1.165) is 5.75 Å². The lowest BCUT2D eigenvalue weighted by atomic mass is 10.0. The van der Waals surface area contributed by atoms with Gasteiger partial charge in [-0.1, -0.05) is 32.0 Å². The zero-order valence-corrected chi connectivity index (χ0v) is 16.5. The average Bonchev–Trinajstić information content (AvgIpc) is 3.08. The SMILES string of the molecule is CC(Oc1cccc(C(C)C)c1)C(=O)NCC(c1cccs1)N(C)C. The van der Waals surface area contributed by atoms with Gasteiger partial charge in [0.15, 0.2) is 6.10 Å². The fourth-order valence-corrected chi connectivity index (χ4v) is 3.49. The fourth-order valence-electron chi connectivity index (χ4n) is 2.56. The molecule has 0 spiro atoms. The molecule has 0 bridgehead atoms. The minimum Gasteiger partial charge on any atom is -0.481 e. The highest BCUT2D eigenvalue weighted by atomic mass is 32.1. The Labute approximate surface area is 154 Å². The standard InChI is InChI=1S/C20H28N2O2S/c1-14(2)16-8-6-9-17(12-16)24-15(3)20(23)21-13-18(22(4)5)19-10-7-11-25-19/h6-12,14-15,18H,13H2,1-5H3,(H,21,23). The molecule has 2 atom stereocenters. The Hall–Kier alpha value is -1.85. The summed E-state index contributed by atoms with van der Waals surface area (Å²) in [6.45, 7) is 6.63. The number of hydrogen-bond acceptors (Lipinski definition) is 4. The van der Waals surface area contributed by atoms with E-state index in [1.807, 2.05) is 38.4 Å². The predicted molar refractivity (Wildman–Crippen MR) is 104 cm³/mol. The largest absolute Gasteiger partial charge is 0.481 e. The Bertz CT molecular complexity index is 668. The molecule has 0 aliphatic heterocycles. The van der Waals surface area contributed by atoms with E-state index in [4.69, 9.17) is 4.74 Å². The monoisotopic (exact) mass is 360 g/mol. The maximum Gasteiger partial charge on any atom is 0.260 e. The van der Waals surface area contributed by atoms with Crippen LogP contribution in [0.1, 0.15) is 43.2 Å². The van der Waals surface area contributed by atoms with Gasteiger partial charge in [-0.05, 0) is 56.1 Å². The topological polar surface area (TPSA) is 41.6 Å². The van der Waals surface area contributed by atoms with Crippen molar-refractivity contribution in [1.29, 1.82) is 0 Å². The van der Waals surface area contributed by atoms with Crippen molar-refractivity contribution in [3.8, 4) is 5.75 Å². The van der Waals surface area contributed by atoms with Crippen LogP contribution < -0.4 is 10.1 Å². The van der Waals surface area contributed by atoms with Crippen molar-refractivity contribution in [2.45, 2.75) is 38.8 Å². The summed E-state index contributed by atoms with van der Waals surface area (Å²) in [6, 6.07) is 12.2. The summed E-state index contributed by atoms with van der Waals surface area (Å²) in [5.41, 5.74) is 1.20. The molecular formula is C20H28N2O2S. The summed E-state index contributed by atoms with van der Waals surface area (Å²) < 4.78 is 5.83. The van der Waals surface area contributed by atoms with E-state index >= 15 is 0 Å². The van der Waals surface area contributed by atoms with Crippen LogP contribution in [0.25, 0.3) is 0 Å². The molecule has 0 saturated carbocycles. The van der Waals surface area contributed by atoms with Crippen molar-refractivity contribution in [3.63, 3.8) is 0 Å². The van der Waals surface area contributed by atoms with Crippen LogP contribution in [-0.4, -0.2) is 37.6 Å². The van der Waals surface area contributed by atoms with Gasteiger partial charge in [-0.25, -0.2) is 0 Å². The molecule has 2 unspecified atom stereocenters. The van der Waals surface area contributed by atoms with Crippen LogP contribution in [-0.2, 0) is 4.79 Å². The van der Waals surface area contributed by atoms with Gasteiger partial charge < -0.3 is 15.0 Å². The zero-order valence-electron chi connectivity index (χ0n) is 15.7. The number of carbonyl (C=O) groups excluding carboxylic acids is 1. The fraction of sp³-hybridized carbons (Fsp3) is 0.450. The molecule has 0 saturated heterocycles. The molecule has 5 heteroatoms. The third-order valence-electron chi connectivity index (χ3n) is 4.17. The summed E-state index contributed by atoms with van der Waals surface area (Å²) in [5, 5.41) is 5.07. The minimum absolute atomic E-state index is 0.0987. The summed E-state index contributed by atoms with van der Waals surface area (Å²) in [5.74, 6) is 1.06. The smallest absolute Gasteiger partial charge is 0.260 e. The normalized spacial score (nSPS) is 13.7. The molecular weight excluding hydrogens is 332 g/mol. The van der Waals surface area contributed by atoms with Crippen molar-refractivity contribution < 1.29 is 9.53 Å². The lowest BCUT2D eigenvalue weighted by molar-refractivity contribution is -0.127. The van der Waals surface area contributed by atoms with Crippen LogP contribution in [0, 0.1) is 0 Å². The Morgan fingerprint density at radius 3 is 2.56 bits per heavy atom. The highest BCUT2D eigenvalue weighted by molar-refractivity contribution is 7.10. The van der Waals surface area contributed by atoms with E-state index in [0.29, 0.717) is 12.5 Å². The number of nitrogens with zero attached hydrogens (tertiary/aromatic N) is 1. The Morgan fingerprint density at radius 2 is 1.96 bits per heavy atom. The molecule has 2 aromatic rings. The lowest BCUT2D eigenvalue weighted by Gasteiger charge is -2.24. The summed E-state index contributed by atoms with van der Waals surface area (Å²) in [7, 11) is 4.04. The molecule has 0 radical (unpaired) electrons. The Kier molecular flexibility index (Phi) is 7.02. The van der Waals surface area contributed by atoms with Crippen LogP contribution in [0.4, 0.5) is 0 Å². The number of amides is 1. The molecule has 1 aromatic heterocycles. The van der Waals surface area contributed by atoms with Crippen LogP contribution in [0.2, 0.25) is 0 Å². The lowest BCUT2D eigenvalue weighted by Crippen LogP contribution is -2.40. The van der Waals surface area contributed by atoms with E-state index in [1.54, 1.807) is 18.3 Å². The number of hydrogen-bond donors (Lipinski definition) is 1. The average molecular weight is 361 g/mol. The third kappa shape index (κ3) is 5.58. The maximum atomic E-state index is 12.4. The van der Waals surface area contributed by atoms with Crippen molar-refractivity contribution in [2.75, 3.05) is 20.6 Å². The summed E-state index contributed by atoms with van der Waals surface area (Å²) in [4.78, 5) is 15.8. The van der Waals surface area contributed by atoms with E-state index < -0.39 is 6.10 Å². The Balaban J connectivity index is 1.92. The van der Waals surface area contributed by atoms with Crippen molar-refractivity contribution in [3.05, 3.63) is 52.2 Å². The van der Waals surface area contributed by atoms with Gasteiger partial charge >= 0.3 is 0 Å². The maximum absolute atomic E-state index is 12.4. The molecule has 1 aromatic carbocycles. The summed E-state index contributed by atoms with van der Waals surface area (Å²) >= 11 is 1.70. The predicted octanol–water partition coefficient (Wildman–Crippen LogP) is 4.06. The van der Waals surface area contributed by atoms with E-state index in [2.05, 4.69) is 41.6 Å². The Morgan fingerprint density at radius 1 is 1.20 bits per heavy atom. The first-order valence-corrected chi connectivity index (χ1v) is 9.50. The molecule has 2 rings (SSSR count). The molecule has 0 fully saturated rings. The first-order valence-electron chi connectivity index (χ1n) is 8.62. The van der Waals surface area contributed by atoms with Crippen LogP contribution >= 0.6 is 11.3 Å². The minimum atomic E-state index is -0.534. The van der Waals surface area contributed by atoms with Crippen LogP contribution in [0.3, 0.4) is 0 Å². The number of benzene rings is 1. The van der Waals surface area contributed by atoms with Crippen molar-refractivity contribution in [2.24, 2.45) is 0 Å². The molecule has 1 amide bonds. The van der Waals surface area contributed by atoms with Crippen LogP contribution in [0.5, 0.6) is 5.75 Å². The number of likely N-dealkylation sites (N-methyl/N-ethyl adjacent to an activating group) is 1. The first-order chi connectivity index (χ1) is 11.9. The molecule has 0 aliphatic rings. The zero-order chi connectivity index (χ0) is 18.4. The van der Waals surface area contributed by atoms with Crippen molar-refractivity contribution >= 4 is 17.2 Å². The molecule has 0 aliphatic carbocycles. The van der Waals surface area contributed by atoms with Gasteiger partial charge in [0.2, 0.25) is 0 Å². The van der Waals surface area contributed by atoms with Gasteiger partial charge in [0, 0.05) is 11.4 Å². The molecule has 136 valence electrons. The number of carbonyl (C=O) groups is 1. The highest BCUT2D eigenvalue weighted by Gasteiger charge is 2.20. The number of ether oxygens (including phenoxy) is 1. The highest BCUT2D eigenvalue weighted by Crippen LogP contribution is 2.23. The molecule has 4 nitrogen and oxygen atoms in total. The second kappa shape index (κ2) is 9.02. The molecule has 25 heavy (non-hydrogen) atoms. The first kappa shape index (κ1) is 19.5. The number of thiophene rings is 1. The number of nitrogens with one attached hydrogen (secondary N) is 1.